The molecular formula is C67H73PS2. The van der Waals surface area contributed by atoms with Crippen molar-refractivity contribution >= 4 is 49.2 Å². The third kappa shape index (κ3) is 15.9. The summed E-state index contributed by atoms with van der Waals surface area (Å²) in [7, 11) is 3.08. The first-order valence-electron chi connectivity index (χ1n) is 24.9. The van der Waals surface area contributed by atoms with Crippen LogP contribution in [0.15, 0.2) is 252 Å². The lowest BCUT2D eigenvalue weighted by atomic mass is 9.84. The Balaban J connectivity index is 0.000000812. The first-order valence-corrected chi connectivity index (χ1v) is 27.4. The Bertz CT molecular complexity index is 2840. The number of rotatable bonds is 14. The number of fused-ring (bicyclic) bond motifs is 2. The van der Waals surface area contributed by atoms with E-state index in [0.717, 1.165) is 65.5 Å². The fourth-order valence-electron chi connectivity index (χ4n) is 8.68. The third-order valence-electron chi connectivity index (χ3n) is 12.3. The van der Waals surface area contributed by atoms with Gasteiger partial charge in [0.05, 0.1) is 0 Å². The topological polar surface area (TPSA) is 0 Å². The van der Waals surface area contributed by atoms with E-state index in [9.17, 15) is 0 Å². The van der Waals surface area contributed by atoms with E-state index in [1.807, 2.05) is 30.4 Å². The van der Waals surface area contributed by atoms with Gasteiger partial charge in [-0.15, -0.1) is 32.8 Å². The molecule has 70 heavy (non-hydrogen) atoms. The van der Waals surface area contributed by atoms with Crippen molar-refractivity contribution in [3.05, 3.63) is 270 Å². The molecule has 4 aromatic carbocycles. The molecule has 0 saturated carbocycles. The normalized spacial score (nSPS) is 19.2. The Kier molecular flexibility index (Phi) is 21.2. The molecule has 4 aromatic rings. The predicted octanol–water partition coefficient (Wildman–Crippen LogP) is 19.9. The van der Waals surface area contributed by atoms with E-state index in [1.54, 1.807) is 0 Å². The summed E-state index contributed by atoms with van der Waals surface area (Å²) >= 11 is 3.87. The van der Waals surface area contributed by atoms with Crippen LogP contribution in [0.1, 0.15) is 88.1 Å². The first-order chi connectivity index (χ1) is 33.9. The molecule has 0 aromatic heterocycles. The second-order valence-electron chi connectivity index (χ2n) is 18.6. The molecule has 1 aliphatic carbocycles. The third-order valence-corrected chi connectivity index (χ3v) is 15.3. The lowest BCUT2D eigenvalue weighted by molar-refractivity contribution is 0.598. The van der Waals surface area contributed by atoms with Crippen LogP contribution in [0, 0.1) is 18.8 Å². The van der Waals surface area contributed by atoms with Gasteiger partial charge < -0.3 is 0 Å². The minimum absolute atomic E-state index is 0.383. The molecule has 0 N–H and O–H groups in total. The van der Waals surface area contributed by atoms with Gasteiger partial charge in [0, 0.05) is 20.8 Å². The van der Waals surface area contributed by atoms with Crippen molar-refractivity contribution in [2.24, 2.45) is 11.8 Å². The second-order valence-corrected chi connectivity index (χ2v) is 21.5. The van der Waals surface area contributed by atoms with E-state index >= 15 is 0 Å². The molecule has 0 saturated heterocycles. The Morgan fingerprint density at radius 2 is 1.57 bits per heavy atom. The highest BCUT2D eigenvalue weighted by Gasteiger charge is 2.26. The van der Waals surface area contributed by atoms with Crippen LogP contribution in [0.25, 0.3) is 27.6 Å². The van der Waals surface area contributed by atoms with Gasteiger partial charge in [-0.05, 0) is 167 Å². The molecule has 0 nitrogen and oxygen atoms in total. The van der Waals surface area contributed by atoms with Gasteiger partial charge in [0.1, 0.15) is 0 Å². The van der Waals surface area contributed by atoms with Gasteiger partial charge in [0.15, 0.2) is 0 Å². The fraction of sp³-hybridized carbons (Fsp3) is 0.224. The fourth-order valence-corrected chi connectivity index (χ4v) is 11.5. The number of benzene rings is 4. The molecule has 0 fully saturated rings. The lowest BCUT2D eigenvalue weighted by Crippen LogP contribution is -2.19. The first kappa shape index (κ1) is 53.7. The van der Waals surface area contributed by atoms with E-state index in [-0.39, 0.29) is 0 Å². The van der Waals surface area contributed by atoms with Gasteiger partial charge in [-0.3, -0.25) is 0 Å². The minimum Gasteiger partial charge on any atom is -0.121 e. The molecule has 3 atom stereocenters. The van der Waals surface area contributed by atoms with Gasteiger partial charge in [-0.1, -0.05) is 216 Å². The van der Waals surface area contributed by atoms with E-state index in [2.05, 4.69) is 251 Å². The molecule has 358 valence electrons. The van der Waals surface area contributed by atoms with Crippen molar-refractivity contribution < 1.29 is 0 Å². The van der Waals surface area contributed by atoms with Crippen LogP contribution in [0.4, 0.5) is 0 Å². The summed E-state index contributed by atoms with van der Waals surface area (Å²) in [5.41, 5.74) is 16.6. The van der Waals surface area contributed by atoms with Crippen LogP contribution in [-0.4, -0.2) is 11.0 Å². The maximum absolute atomic E-state index is 4.75. The maximum atomic E-state index is 4.75. The average Bonchev–Trinajstić information content (AvgIpc) is 3.44. The molecule has 7 rings (SSSR count). The number of aryl methyl sites for hydroxylation is 1. The van der Waals surface area contributed by atoms with Crippen molar-refractivity contribution in [2.75, 3.05) is 5.75 Å². The van der Waals surface area contributed by atoms with Crippen molar-refractivity contribution in [3.8, 4) is 11.1 Å². The number of hydrogen-bond acceptors (Lipinski definition) is 2. The zero-order chi connectivity index (χ0) is 49.8. The SMILES string of the molecule is C=C(/C=C(\C=C/CC)C(/C=C(\P)c1cc(C)cc(-c2cccc3c2SC/C=C\C=C/C3=C)c1)=C/Cc1ccccc1)C1=CC(C2C/C=C\C(=C)c3ccccc3S2)CC(C)=C1.CC=CC/C=C\C(C)C. The summed E-state index contributed by atoms with van der Waals surface area (Å²) in [6, 6.07) is 33.0. The Morgan fingerprint density at radius 3 is 2.36 bits per heavy atom. The van der Waals surface area contributed by atoms with Crippen LogP contribution >= 0.6 is 32.8 Å². The van der Waals surface area contributed by atoms with Crippen molar-refractivity contribution in [1.29, 1.82) is 0 Å². The van der Waals surface area contributed by atoms with Gasteiger partial charge in [-0.25, -0.2) is 0 Å². The largest absolute Gasteiger partial charge is 0.121 e. The molecule has 0 spiro atoms. The molecule has 0 radical (unpaired) electrons. The van der Waals surface area contributed by atoms with Gasteiger partial charge in [0.25, 0.3) is 0 Å². The van der Waals surface area contributed by atoms with E-state index in [4.69, 9.17) is 6.58 Å². The molecule has 2 aliphatic heterocycles. The van der Waals surface area contributed by atoms with Crippen LogP contribution in [0.3, 0.4) is 0 Å². The number of thioether (sulfide) groups is 2. The standard InChI is InChI=1S/C58H57PS2.C9H16/c1-7-8-23-46(36-44(6)48-32-40(2)35-51(37-48)56-28-17-20-42(4)52-24-14-15-27-57(52)61-56)47(30-29-45-21-12-9-13-22-45)39-55(59)50-34-41(3)33-49(38-50)54-26-18-25-53-43(5)19-11-10-16-31-60-58(53)54;1-4-5-6-7-8-9(2)3/h8-27,30,32-34,36-39,51,56H,4-7,28-29,31,35,59H2,1-3H3;4-5,7-9H,6H2,1-3H3/b16-10-,19-11-,20-17-,23-8-,46-36+,47-30+,55-39-;5-4?,8-7-. The van der Waals surface area contributed by atoms with E-state index in [1.165, 1.54) is 65.5 Å². The summed E-state index contributed by atoms with van der Waals surface area (Å²) < 4.78 is 0. The number of allylic oxidation sites excluding steroid dienone is 23. The Morgan fingerprint density at radius 1 is 0.814 bits per heavy atom. The smallest absolute Gasteiger partial charge is 0.0232 e. The maximum Gasteiger partial charge on any atom is 0.0232 e. The highest BCUT2D eigenvalue weighted by Crippen LogP contribution is 2.43. The van der Waals surface area contributed by atoms with Crippen LogP contribution in [-0.2, 0) is 6.42 Å². The quantitative estimate of drug-likeness (QED) is 0.0702. The molecule has 3 unspecified atom stereocenters. The monoisotopic (exact) mass is 972 g/mol. The molecule has 3 heteroatoms. The van der Waals surface area contributed by atoms with Crippen LogP contribution in [0.5, 0.6) is 0 Å². The van der Waals surface area contributed by atoms with Crippen LogP contribution < -0.4 is 0 Å². The lowest BCUT2D eigenvalue weighted by Gasteiger charge is -2.29. The molecule has 0 bridgehead atoms. The van der Waals surface area contributed by atoms with Gasteiger partial charge >= 0.3 is 0 Å². The van der Waals surface area contributed by atoms with E-state index in [0.29, 0.717) is 17.1 Å². The van der Waals surface area contributed by atoms with Crippen molar-refractivity contribution in [2.45, 2.75) is 88.7 Å². The summed E-state index contributed by atoms with van der Waals surface area (Å²) in [6.07, 6.45) is 43.0. The van der Waals surface area contributed by atoms with Gasteiger partial charge in [0.2, 0.25) is 0 Å². The minimum atomic E-state index is 0.383. The van der Waals surface area contributed by atoms with E-state index < -0.39 is 0 Å². The summed E-state index contributed by atoms with van der Waals surface area (Å²) in [5.74, 6) is 1.98. The Labute approximate surface area is 433 Å². The van der Waals surface area contributed by atoms with Crippen LogP contribution in [0.2, 0.25) is 0 Å². The van der Waals surface area contributed by atoms with Crippen molar-refractivity contribution in [1.82, 2.24) is 0 Å². The summed E-state index contributed by atoms with van der Waals surface area (Å²) in [6.45, 7) is 26.6. The zero-order valence-electron chi connectivity index (χ0n) is 42.5. The number of hydrogen-bond donors (Lipinski definition) is 0. The summed E-state index contributed by atoms with van der Waals surface area (Å²) in [4.78, 5) is 2.59. The predicted molar refractivity (Wildman–Crippen MR) is 319 cm³/mol. The Hall–Kier alpha value is -5.63. The highest BCUT2D eigenvalue weighted by atomic mass is 32.2. The average molecular weight is 973 g/mol. The summed E-state index contributed by atoms with van der Waals surface area (Å²) in [5, 5.41) is 1.55. The molecule has 3 aliphatic rings. The zero-order valence-corrected chi connectivity index (χ0v) is 45.3. The second kappa shape index (κ2) is 27.7. The molecular weight excluding hydrogens is 900 g/mol. The van der Waals surface area contributed by atoms with Crippen molar-refractivity contribution in [3.63, 3.8) is 0 Å². The van der Waals surface area contributed by atoms with Gasteiger partial charge in [-0.2, -0.15) is 0 Å². The molecule has 0 amide bonds. The highest BCUT2D eigenvalue weighted by molar-refractivity contribution is 8.00. The molecule has 2 heterocycles.